The van der Waals surface area contributed by atoms with Crippen molar-refractivity contribution in [1.29, 1.82) is 0 Å². The van der Waals surface area contributed by atoms with Crippen LogP contribution in [0.2, 0.25) is 0 Å². The number of ether oxygens (including phenoxy) is 1. The van der Waals surface area contributed by atoms with Crippen molar-refractivity contribution in [2.24, 2.45) is 0 Å². The SMILES string of the molecule is COCC(C)Nc1ccc(-n2cnnn2)c(C)c1. The molecule has 1 atom stereocenters. The summed E-state index contributed by atoms with van der Waals surface area (Å²) in [4.78, 5) is 0. The molecule has 18 heavy (non-hydrogen) atoms. The van der Waals surface area contributed by atoms with Crippen LogP contribution in [0, 0.1) is 6.92 Å². The van der Waals surface area contributed by atoms with Crippen LogP contribution in [0.15, 0.2) is 24.5 Å². The number of methoxy groups -OCH3 is 1. The van der Waals surface area contributed by atoms with Gasteiger partial charge in [0.15, 0.2) is 0 Å². The molecule has 0 aliphatic rings. The summed E-state index contributed by atoms with van der Waals surface area (Å²) in [6.07, 6.45) is 1.59. The second-order valence-corrected chi connectivity index (χ2v) is 4.26. The number of nitrogens with one attached hydrogen (secondary N) is 1. The first-order valence-corrected chi connectivity index (χ1v) is 5.80. The summed E-state index contributed by atoms with van der Waals surface area (Å²) >= 11 is 0. The third-order valence-electron chi connectivity index (χ3n) is 2.62. The zero-order chi connectivity index (χ0) is 13.0. The van der Waals surface area contributed by atoms with Gasteiger partial charge in [0.1, 0.15) is 6.33 Å². The number of rotatable bonds is 5. The summed E-state index contributed by atoms with van der Waals surface area (Å²) in [7, 11) is 1.70. The third kappa shape index (κ3) is 2.84. The van der Waals surface area contributed by atoms with E-state index in [4.69, 9.17) is 4.74 Å². The van der Waals surface area contributed by atoms with Gasteiger partial charge >= 0.3 is 0 Å². The zero-order valence-electron chi connectivity index (χ0n) is 10.8. The maximum atomic E-state index is 5.10. The van der Waals surface area contributed by atoms with Crippen LogP contribution in [0.5, 0.6) is 0 Å². The van der Waals surface area contributed by atoms with Crippen LogP contribution >= 0.6 is 0 Å². The molecule has 1 heterocycles. The lowest BCUT2D eigenvalue weighted by Gasteiger charge is -2.15. The fourth-order valence-corrected chi connectivity index (χ4v) is 1.85. The van der Waals surface area contributed by atoms with E-state index in [1.807, 2.05) is 19.1 Å². The lowest BCUT2D eigenvalue weighted by molar-refractivity contribution is 0.190. The maximum absolute atomic E-state index is 5.10. The first kappa shape index (κ1) is 12.5. The molecule has 2 aromatic rings. The second-order valence-electron chi connectivity index (χ2n) is 4.26. The standard InChI is InChI=1S/C12H17N5O/c1-9-6-11(14-10(2)7-18-3)4-5-12(9)17-8-13-15-16-17/h4-6,8,10,14H,7H2,1-3H3. The van der Waals surface area contributed by atoms with E-state index in [1.54, 1.807) is 18.1 Å². The van der Waals surface area contributed by atoms with Gasteiger partial charge in [-0.15, -0.1) is 5.10 Å². The van der Waals surface area contributed by atoms with Crippen LogP contribution in [0.1, 0.15) is 12.5 Å². The highest BCUT2D eigenvalue weighted by molar-refractivity contribution is 5.53. The van der Waals surface area contributed by atoms with Crippen LogP contribution in [-0.2, 0) is 4.74 Å². The van der Waals surface area contributed by atoms with E-state index in [2.05, 4.69) is 33.8 Å². The summed E-state index contributed by atoms with van der Waals surface area (Å²) < 4.78 is 6.75. The molecule has 0 saturated carbocycles. The first-order valence-electron chi connectivity index (χ1n) is 5.80. The molecule has 96 valence electrons. The monoisotopic (exact) mass is 247 g/mol. The van der Waals surface area contributed by atoms with Gasteiger partial charge in [0.05, 0.1) is 12.3 Å². The summed E-state index contributed by atoms with van der Waals surface area (Å²) in [5.41, 5.74) is 3.15. The van der Waals surface area contributed by atoms with Gasteiger partial charge in [-0.05, 0) is 48.0 Å². The van der Waals surface area contributed by atoms with Crippen molar-refractivity contribution in [3.8, 4) is 5.69 Å². The zero-order valence-corrected chi connectivity index (χ0v) is 10.8. The average Bonchev–Trinajstić information content (AvgIpc) is 2.82. The molecule has 6 heteroatoms. The van der Waals surface area contributed by atoms with Gasteiger partial charge in [-0.2, -0.15) is 0 Å². The van der Waals surface area contributed by atoms with Crippen molar-refractivity contribution >= 4 is 5.69 Å². The van der Waals surface area contributed by atoms with Crippen LogP contribution in [0.4, 0.5) is 5.69 Å². The van der Waals surface area contributed by atoms with Gasteiger partial charge in [-0.25, -0.2) is 4.68 Å². The highest BCUT2D eigenvalue weighted by Gasteiger charge is 2.05. The predicted octanol–water partition coefficient (Wildman–Crippen LogP) is 1.42. The molecular weight excluding hydrogens is 230 g/mol. The van der Waals surface area contributed by atoms with Crippen molar-refractivity contribution in [1.82, 2.24) is 20.2 Å². The third-order valence-corrected chi connectivity index (χ3v) is 2.62. The van der Waals surface area contributed by atoms with E-state index >= 15 is 0 Å². The first-order chi connectivity index (χ1) is 8.70. The number of anilines is 1. The normalized spacial score (nSPS) is 12.4. The van der Waals surface area contributed by atoms with Gasteiger partial charge in [-0.1, -0.05) is 0 Å². The van der Waals surface area contributed by atoms with E-state index in [1.165, 1.54) is 0 Å². The average molecular weight is 247 g/mol. The van der Waals surface area contributed by atoms with Crippen molar-refractivity contribution in [2.45, 2.75) is 19.9 Å². The van der Waals surface area contributed by atoms with Gasteiger partial charge in [0.2, 0.25) is 0 Å². The molecule has 1 N–H and O–H groups in total. The lowest BCUT2D eigenvalue weighted by atomic mass is 10.1. The highest BCUT2D eigenvalue weighted by atomic mass is 16.5. The Labute approximate surface area is 106 Å². The van der Waals surface area contributed by atoms with Crippen LogP contribution < -0.4 is 5.32 Å². The van der Waals surface area contributed by atoms with Crippen molar-refractivity contribution in [3.05, 3.63) is 30.1 Å². The van der Waals surface area contributed by atoms with Gasteiger partial charge in [-0.3, -0.25) is 0 Å². The Kier molecular flexibility index (Phi) is 3.88. The Morgan fingerprint density at radius 2 is 2.28 bits per heavy atom. The Bertz CT molecular complexity index is 497. The fraction of sp³-hybridized carbons (Fsp3) is 0.417. The predicted molar refractivity (Wildman–Crippen MR) is 68.9 cm³/mol. The van der Waals surface area contributed by atoms with Crippen molar-refractivity contribution in [2.75, 3.05) is 19.0 Å². The summed E-state index contributed by atoms with van der Waals surface area (Å²) in [5.74, 6) is 0. The molecule has 0 radical (unpaired) electrons. The molecule has 0 fully saturated rings. The molecule has 1 aromatic carbocycles. The molecule has 1 unspecified atom stereocenters. The van der Waals surface area contributed by atoms with Gasteiger partial charge in [0, 0.05) is 18.8 Å². The van der Waals surface area contributed by atoms with E-state index in [0.29, 0.717) is 6.61 Å². The Balaban J connectivity index is 2.15. The largest absolute Gasteiger partial charge is 0.383 e. The van der Waals surface area contributed by atoms with E-state index < -0.39 is 0 Å². The number of aryl methyl sites for hydroxylation is 1. The molecule has 0 amide bonds. The number of hydrogen-bond donors (Lipinski definition) is 1. The van der Waals surface area contributed by atoms with E-state index in [9.17, 15) is 0 Å². The molecule has 0 spiro atoms. The van der Waals surface area contributed by atoms with Crippen LogP contribution in [0.25, 0.3) is 5.69 Å². The van der Waals surface area contributed by atoms with Gasteiger partial charge in [0.25, 0.3) is 0 Å². The molecule has 0 saturated heterocycles. The minimum atomic E-state index is 0.272. The Hall–Kier alpha value is -1.95. The van der Waals surface area contributed by atoms with E-state index in [-0.39, 0.29) is 6.04 Å². The smallest absolute Gasteiger partial charge is 0.143 e. The van der Waals surface area contributed by atoms with Crippen LogP contribution in [-0.4, -0.2) is 40.0 Å². The number of aromatic nitrogens is 4. The molecular formula is C12H17N5O. The minimum Gasteiger partial charge on any atom is -0.383 e. The van der Waals surface area contributed by atoms with Crippen LogP contribution in [0.3, 0.4) is 0 Å². The maximum Gasteiger partial charge on any atom is 0.143 e. The molecule has 1 aromatic heterocycles. The van der Waals surface area contributed by atoms with Gasteiger partial charge < -0.3 is 10.1 Å². The van der Waals surface area contributed by atoms with E-state index in [0.717, 1.165) is 16.9 Å². The second kappa shape index (κ2) is 5.59. The number of benzene rings is 1. The molecule has 6 nitrogen and oxygen atoms in total. The molecule has 0 aliphatic heterocycles. The summed E-state index contributed by atoms with van der Waals surface area (Å²) in [6.45, 7) is 4.78. The molecule has 0 aliphatic carbocycles. The lowest BCUT2D eigenvalue weighted by Crippen LogP contribution is -2.20. The quantitative estimate of drug-likeness (QED) is 0.865. The number of tetrazole rings is 1. The Morgan fingerprint density at radius 3 is 2.89 bits per heavy atom. The number of hydrogen-bond acceptors (Lipinski definition) is 5. The van der Waals surface area contributed by atoms with Crippen molar-refractivity contribution < 1.29 is 4.74 Å². The summed E-state index contributed by atoms with van der Waals surface area (Å²) in [5, 5.41) is 14.5. The highest BCUT2D eigenvalue weighted by Crippen LogP contribution is 2.18. The molecule has 0 bridgehead atoms. The fourth-order valence-electron chi connectivity index (χ4n) is 1.85. The minimum absolute atomic E-state index is 0.272. The molecule has 2 rings (SSSR count). The topological polar surface area (TPSA) is 64.9 Å². The number of nitrogens with zero attached hydrogens (tertiary/aromatic N) is 4. The summed E-state index contributed by atoms with van der Waals surface area (Å²) in [6, 6.07) is 6.35. The Morgan fingerprint density at radius 1 is 1.44 bits per heavy atom. The van der Waals surface area contributed by atoms with Crippen molar-refractivity contribution in [3.63, 3.8) is 0 Å².